The topological polar surface area (TPSA) is 21.3 Å². The zero-order valence-electron chi connectivity index (χ0n) is 10.5. The minimum atomic E-state index is -0.333. The summed E-state index contributed by atoms with van der Waals surface area (Å²) in [5, 5.41) is 3.46. The molecule has 0 heterocycles. The second-order valence-electron chi connectivity index (χ2n) is 4.02. The maximum atomic E-state index is 13.8. The molecule has 1 aromatic carbocycles. The average molecular weight is 260 g/mol. The summed E-state index contributed by atoms with van der Waals surface area (Å²) >= 11 is 5.76. The van der Waals surface area contributed by atoms with Gasteiger partial charge < -0.3 is 10.1 Å². The number of likely N-dealkylation sites (N-methyl/N-ethyl adjacent to an activating group) is 1. The molecule has 0 fully saturated rings. The van der Waals surface area contributed by atoms with Crippen LogP contribution in [0, 0.1) is 5.82 Å². The van der Waals surface area contributed by atoms with Gasteiger partial charge in [0.2, 0.25) is 0 Å². The molecule has 0 saturated carbocycles. The number of ether oxygens (including phenoxy) is 1. The second kappa shape index (κ2) is 6.94. The van der Waals surface area contributed by atoms with Gasteiger partial charge in [-0.15, -0.1) is 0 Å². The first-order valence-electron chi connectivity index (χ1n) is 5.79. The van der Waals surface area contributed by atoms with Crippen molar-refractivity contribution >= 4 is 11.6 Å². The van der Waals surface area contributed by atoms with Crippen molar-refractivity contribution in [3.05, 3.63) is 34.6 Å². The van der Waals surface area contributed by atoms with Crippen LogP contribution in [0.4, 0.5) is 4.39 Å². The minimum Gasteiger partial charge on any atom is -0.380 e. The molecule has 0 aliphatic carbocycles. The van der Waals surface area contributed by atoms with Crippen molar-refractivity contribution in [2.24, 2.45) is 0 Å². The van der Waals surface area contributed by atoms with Crippen LogP contribution in [0.2, 0.25) is 5.02 Å². The van der Waals surface area contributed by atoms with Crippen molar-refractivity contribution in [2.75, 3.05) is 13.7 Å². The first-order chi connectivity index (χ1) is 8.10. The lowest BCUT2D eigenvalue weighted by molar-refractivity contribution is 0.0833. The molecule has 17 heavy (non-hydrogen) atoms. The molecule has 0 aliphatic heterocycles. The van der Waals surface area contributed by atoms with E-state index in [1.165, 1.54) is 0 Å². The molecule has 2 atom stereocenters. The third kappa shape index (κ3) is 3.95. The summed E-state index contributed by atoms with van der Waals surface area (Å²) in [6.45, 7) is 4.81. The van der Waals surface area contributed by atoms with Gasteiger partial charge in [-0.2, -0.15) is 0 Å². The molecule has 0 spiro atoms. The van der Waals surface area contributed by atoms with Crippen LogP contribution in [-0.4, -0.2) is 25.8 Å². The van der Waals surface area contributed by atoms with Gasteiger partial charge in [0.25, 0.3) is 0 Å². The third-order valence-electron chi connectivity index (χ3n) is 2.88. The van der Waals surface area contributed by atoms with Crippen LogP contribution < -0.4 is 5.32 Å². The van der Waals surface area contributed by atoms with Crippen molar-refractivity contribution in [1.82, 2.24) is 5.32 Å². The van der Waals surface area contributed by atoms with E-state index in [2.05, 4.69) is 5.32 Å². The number of rotatable bonds is 6. The fourth-order valence-corrected chi connectivity index (χ4v) is 1.97. The summed E-state index contributed by atoms with van der Waals surface area (Å²) in [7, 11) is 1.66. The highest BCUT2D eigenvalue weighted by Crippen LogP contribution is 2.20. The van der Waals surface area contributed by atoms with E-state index in [1.807, 2.05) is 13.8 Å². The van der Waals surface area contributed by atoms with Gasteiger partial charge in [0.1, 0.15) is 5.82 Å². The summed E-state index contributed by atoms with van der Waals surface area (Å²) in [6, 6.07) is 5.16. The summed E-state index contributed by atoms with van der Waals surface area (Å²) in [5.41, 5.74) is 0.618. The molecule has 0 aliphatic rings. The molecule has 0 bridgehead atoms. The number of benzene rings is 1. The van der Waals surface area contributed by atoms with Gasteiger partial charge in [0.05, 0.1) is 11.1 Å². The average Bonchev–Trinajstić information content (AvgIpc) is 2.33. The van der Waals surface area contributed by atoms with Crippen LogP contribution >= 0.6 is 11.6 Å². The fraction of sp³-hybridized carbons (Fsp3) is 0.538. The van der Waals surface area contributed by atoms with Crippen LogP contribution in [-0.2, 0) is 11.2 Å². The van der Waals surface area contributed by atoms with Crippen molar-refractivity contribution < 1.29 is 9.13 Å². The molecule has 1 rings (SSSR count). The normalized spacial score (nSPS) is 14.6. The largest absolute Gasteiger partial charge is 0.380 e. The predicted octanol–water partition coefficient (Wildman–Crippen LogP) is 3.03. The lowest BCUT2D eigenvalue weighted by Crippen LogP contribution is -2.41. The smallest absolute Gasteiger partial charge is 0.145 e. The van der Waals surface area contributed by atoms with Gasteiger partial charge in [-0.3, -0.25) is 0 Å². The molecule has 96 valence electrons. The lowest BCUT2D eigenvalue weighted by Gasteiger charge is -2.24. The highest BCUT2D eigenvalue weighted by atomic mass is 35.5. The Balaban J connectivity index is 2.82. The molecule has 0 radical (unpaired) electrons. The first-order valence-corrected chi connectivity index (χ1v) is 6.17. The first kappa shape index (κ1) is 14.4. The van der Waals surface area contributed by atoms with Gasteiger partial charge >= 0.3 is 0 Å². The molecule has 1 N–H and O–H groups in total. The molecular weight excluding hydrogens is 241 g/mol. The number of hydrogen-bond acceptors (Lipinski definition) is 2. The van der Waals surface area contributed by atoms with Gasteiger partial charge in [-0.05, 0) is 31.5 Å². The highest BCUT2D eigenvalue weighted by molar-refractivity contribution is 6.30. The van der Waals surface area contributed by atoms with Crippen LogP contribution in [0.1, 0.15) is 19.4 Å². The SMILES string of the molecule is CCNC(Cc1cccc(Cl)c1F)C(C)OC. The Bertz CT molecular complexity index is 359. The zero-order valence-corrected chi connectivity index (χ0v) is 11.2. The summed E-state index contributed by atoms with van der Waals surface area (Å²) in [6.07, 6.45) is 0.586. The van der Waals surface area contributed by atoms with Gasteiger partial charge in [-0.1, -0.05) is 30.7 Å². The Morgan fingerprint density at radius 1 is 1.47 bits per heavy atom. The molecule has 0 saturated heterocycles. The second-order valence-corrected chi connectivity index (χ2v) is 4.43. The van der Waals surface area contributed by atoms with Gasteiger partial charge in [0, 0.05) is 13.2 Å². The van der Waals surface area contributed by atoms with E-state index in [1.54, 1.807) is 25.3 Å². The van der Waals surface area contributed by atoms with Crippen LogP contribution in [0.25, 0.3) is 0 Å². The Morgan fingerprint density at radius 2 is 2.18 bits per heavy atom. The Kier molecular flexibility index (Phi) is 5.89. The van der Waals surface area contributed by atoms with Crippen LogP contribution in [0.3, 0.4) is 0 Å². The number of halogens is 2. The fourth-order valence-electron chi connectivity index (χ4n) is 1.77. The van der Waals surface area contributed by atoms with E-state index in [0.29, 0.717) is 12.0 Å². The predicted molar refractivity (Wildman–Crippen MR) is 69.0 cm³/mol. The van der Waals surface area contributed by atoms with E-state index in [4.69, 9.17) is 16.3 Å². The molecule has 4 heteroatoms. The molecule has 1 aromatic rings. The Hall–Kier alpha value is -0.640. The zero-order chi connectivity index (χ0) is 12.8. The quantitative estimate of drug-likeness (QED) is 0.848. The monoisotopic (exact) mass is 259 g/mol. The van der Waals surface area contributed by atoms with Gasteiger partial charge in [0.15, 0.2) is 0 Å². The number of hydrogen-bond donors (Lipinski definition) is 1. The molecule has 0 aromatic heterocycles. The van der Waals surface area contributed by atoms with E-state index < -0.39 is 0 Å². The molecule has 2 unspecified atom stereocenters. The molecule has 2 nitrogen and oxygen atoms in total. The third-order valence-corrected chi connectivity index (χ3v) is 3.17. The summed E-state index contributed by atoms with van der Waals surface area (Å²) in [4.78, 5) is 0. The van der Waals surface area contributed by atoms with E-state index >= 15 is 0 Å². The van der Waals surface area contributed by atoms with Crippen molar-refractivity contribution in [1.29, 1.82) is 0 Å². The van der Waals surface area contributed by atoms with Gasteiger partial charge in [-0.25, -0.2) is 4.39 Å². The number of methoxy groups -OCH3 is 1. The van der Waals surface area contributed by atoms with Crippen molar-refractivity contribution in [2.45, 2.75) is 32.4 Å². The van der Waals surface area contributed by atoms with E-state index in [9.17, 15) is 4.39 Å². The van der Waals surface area contributed by atoms with Crippen molar-refractivity contribution in [3.63, 3.8) is 0 Å². The van der Waals surface area contributed by atoms with E-state index in [-0.39, 0.29) is 23.0 Å². The van der Waals surface area contributed by atoms with Crippen LogP contribution in [0.5, 0.6) is 0 Å². The lowest BCUT2D eigenvalue weighted by atomic mass is 10.0. The molecule has 0 amide bonds. The Morgan fingerprint density at radius 3 is 2.76 bits per heavy atom. The maximum absolute atomic E-state index is 13.8. The molecular formula is C13H19ClFNO. The maximum Gasteiger partial charge on any atom is 0.145 e. The summed E-state index contributed by atoms with van der Waals surface area (Å²) in [5.74, 6) is -0.333. The Labute approximate surface area is 107 Å². The summed E-state index contributed by atoms with van der Waals surface area (Å²) < 4.78 is 19.1. The van der Waals surface area contributed by atoms with Crippen molar-refractivity contribution in [3.8, 4) is 0 Å². The minimum absolute atomic E-state index is 0.0216. The standard InChI is InChI=1S/C13H19ClFNO/c1-4-16-12(9(2)17-3)8-10-6-5-7-11(14)13(10)15/h5-7,9,12,16H,4,8H2,1-3H3. The number of nitrogens with one attached hydrogen (secondary N) is 1. The van der Waals surface area contributed by atoms with E-state index in [0.717, 1.165) is 6.54 Å². The highest BCUT2D eigenvalue weighted by Gasteiger charge is 2.18. The van der Waals surface area contributed by atoms with Crippen LogP contribution in [0.15, 0.2) is 18.2 Å².